The molecule has 0 unspecified atom stereocenters. The topological polar surface area (TPSA) is 95.6 Å². The average molecular weight is 295 g/mol. The molecule has 0 aliphatic carbocycles. The Labute approximate surface area is 121 Å². The molecule has 0 atom stereocenters. The SMILES string of the molecule is CCNc1cc(C(=O)NCCc2ncn[nH]2)cc(Cl)n1. The van der Waals surface area contributed by atoms with Crippen molar-refractivity contribution >= 4 is 23.3 Å². The molecule has 0 saturated carbocycles. The van der Waals surface area contributed by atoms with E-state index in [2.05, 4.69) is 30.8 Å². The number of rotatable bonds is 6. The second-order valence-electron chi connectivity index (χ2n) is 4.03. The molecule has 0 aliphatic rings. The van der Waals surface area contributed by atoms with Gasteiger partial charge in [0.15, 0.2) is 0 Å². The van der Waals surface area contributed by atoms with Gasteiger partial charge in [-0.2, -0.15) is 5.10 Å². The van der Waals surface area contributed by atoms with Crippen molar-refractivity contribution in [3.63, 3.8) is 0 Å². The van der Waals surface area contributed by atoms with Gasteiger partial charge in [-0.3, -0.25) is 9.89 Å². The van der Waals surface area contributed by atoms with Crippen LogP contribution in [0.4, 0.5) is 5.82 Å². The number of aromatic nitrogens is 4. The molecule has 0 bridgehead atoms. The van der Waals surface area contributed by atoms with E-state index < -0.39 is 0 Å². The van der Waals surface area contributed by atoms with E-state index in [0.29, 0.717) is 30.9 Å². The summed E-state index contributed by atoms with van der Waals surface area (Å²) in [5.41, 5.74) is 0.471. The number of aromatic amines is 1. The minimum atomic E-state index is -0.201. The van der Waals surface area contributed by atoms with Gasteiger partial charge in [0.2, 0.25) is 0 Å². The predicted octanol–water partition coefficient (Wildman–Crippen LogP) is 1.26. The third-order valence-electron chi connectivity index (χ3n) is 2.53. The van der Waals surface area contributed by atoms with Crippen LogP contribution in [0.3, 0.4) is 0 Å². The minimum Gasteiger partial charge on any atom is -0.370 e. The number of carbonyl (C=O) groups excluding carboxylic acids is 1. The fraction of sp³-hybridized carbons (Fsp3) is 0.333. The summed E-state index contributed by atoms with van der Waals surface area (Å²) in [5, 5.41) is 12.6. The Hall–Kier alpha value is -2.15. The largest absolute Gasteiger partial charge is 0.370 e. The third-order valence-corrected chi connectivity index (χ3v) is 2.72. The Morgan fingerprint density at radius 3 is 3.00 bits per heavy atom. The quantitative estimate of drug-likeness (QED) is 0.697. The fourth-order valence-corrected chi connectivity index (χ4v) is 1.86. The lowest BCUT2D eigenvalue weighted by molar-refractivity contribution is 0.0954. The Bertz CT molecular complexity index is 571. The lowest BCUT2D eigenvalue weighted by Crippen LogP contribution is -2.26. The number of carbonyl (C=O) groups is 1. The number of amides is 1. The predicted molar refractivity (Wildman–Crippen MR) is 75.8 cm³/mol. The first-order chi connectivity index (χ1) is 9.69. The molecule has 7 nitrogen and oxygen atoms in total. The molecule has 20 heavy (non-hydrogen) atoms. The van der Waals surface area contributed by atoms with E-state index >= 15 is 0 Å². The highest BCUT2D eigenvalue weighted by Crippen LogP contribution is 2.14. The first-order valence-electron chi connectivity index (χ1n) is 6.23. The molecule has 0 aliphatic heterocycles. The molecule has 2 rings (SSSR count). The van der Waals surface area contributed by atoms with Crippen LogP contribution in [0.5, 0.6) is 0 Å². The summed E-state index contributed by atoms with van der Waals surface area (Å²) < 4.78 is 0. The number of pyridine rings is 1. The summed E-state index contributed by atoms with van der Waals surface area (Å²) in [7, 11) is 0. The molecule has 2 aromatic heterocycles. The van der Waals surface area contributed by atoms with Gasteiger partial charge in [0.05, 0.1) is 0 Å². The number of hydrogen-bond donors (Lipinski definition) is 3. The molecule has 0 radical (unpaired) electrons. The Kier molecular flexibility index (Phi) is 4.89. The molecule has 2 heterocycles. The van der Waals surface area contributed by atoms with Gasteiger partial charge in [0.1, 0.15) is 23.1 Å². The summed E-state index contributed by atoms with van der Waals surface area (Å²) in [4.78, 5) is 20.1. The van der Waals surface area contributed by atoms with Gasteiger partial charge in [-0.15, -0.1) is 0 Å². The molecular weight excluding hydrogens is 280 g/mol. The highest BCUT2D eigenvalue weighted by Gasteiger charge is 2.09. The maximum Gasteiger partial charge on any atom is 0.251 e. The normalized spacial score (nSPS) is 10.3. The fourth-order valence-electron chi connectivity index (χ4n) is 1.65. The molecular formula is C12H15ClN6O. The van der Waals surface area contributed by atoms with E-state index in [9.17, 15) is 4.79 Å². The average Bonchev–Trinajstić information content (AvgIpc) is 2.91. The summed E-state index contributed by atoms with van der Waals surface area (Å²) in [5.74, 6) is 1.11. The van der Waals surface area contributed by atoms with Gasteiger partial charge < -0.3 is 10.6 Å². The Balaban J connectivity index is 1.94. The van der Waals surface area contributed by atoms with Crippen molar-refractivity contribution in [3.05, 3.63) is 35.0 Å². The first-order valence-corrected chi connectivity index (χ1v) is 6.60. The van der Waals surface area contributed by atoms with Gasteiger partial charge in [-0.05, 0) is 19.1 Å². The van der Waals surface area contributed by atoms with Gasteiger partial charge >= 0.3 is 0 Å². The maximum atomic E-state index is 12.0. The van der Waals surface area contributed by atoms with Gasteiger partial charge in [0, 0.05) is 25.1 Å². The number of hydrogen-bond acceptors (Lipinski definition) is 5. The second-order valence-corrected chi connectivity index (χ2v) is 4.42. The Morgan fingerprint density at radius 1 is 1.45 bits per heavy atom. The second kappa shape index (κ2) is 6.85. The first kappa shape index (κ1) is 14.3. The van der Waals surface area contributed by atoms with E-state index in [1.165, 1.54) is 12.4 Å². The van der Waals surface area contributed by atoms with Crippen LogP contribution in [0, 0.1) is 0 Å². The zero-order valence-corrected chi connectivity index (χ0v) is 11.7. The molecule has 0 aromatic carbocycles. The lowest BCUT2D eigenvalue weighted by atomic mass is 10.2. The van der Waals surface area contributed by atoms with Crippen molar-refractivity contribution in [1.29, 1.82) is 0 Å². The zero-order chi connectivity index (χ0) is 14.4. The molecule has 106 valence electrons. The molecule has 1 amide bonds. The number of H-pyrrole nitrogens is 1. The third kappa shape index (κ3) is 3.92. The highest BCUT2D eigenvalue weighted by molar-refractivity contribution is 6.29. The van der Waals surface area contributed by atoms with Crippen LogP contribution in [-0.2, 0) is 6.42 Å². The van der Waals surface area contributed by atoms with Crippen LogP contribution in [0.15, 0.2) is 18.5 Å². The Morgan fingerprint density at radius 2 is 2.30 bits per heavy atom. The smallest absolute Gasteiger partial charge is 0.251 e. The van der Waals surface area contributed by atoms with Gasteiger partial charge in [-0.25, -0.2) is 9.97 Å². The van der Waals surface area contributed by atoms with Gasteiger partial charge in [-0.1, -0.05) is 11.6 Å². The van der Waals surface area contributed by atoms with Crippen LogP contribution in [0.25, 0.3) is 0 Å². The number of nitrogens with one attached hydrogen (secondary N) is 3. The van der Waals surface area contributed by atoms with Crippen molar-refractivity contribution in [2.24, 2.45) is 0 Å². The van der Waals surface area contributed by atoms with E-state index in [-0.39, 0.29) is 11.1 Å². The van der Waals surface area contributed by atoms with Crippen LogP contribution < -0.4 is 10.6 Å². The molecule has 0 saturated heterocycles. The van der Waals surface area contributed by atoms with E-state index in [4.69, 9.17) is 11.6 Å². The van der Waals surface area contributed by atoms with Crippen LogP contribution in [0.1, 0.15) is 23.1 Å². The summed E-state index contributed by atoms with van der Waals surface area (Å²) in [6, 6.07) is 3.20. The molecule has 2 aromatic rings. The number of halogens is 1. The molecule has 8 heteroatoms. The lowest BCUT2D eigenvalue weighted by Gasteiger charge is -2.07. The number of nitrogens with zero attached hydrogens (tertiary/aromatic N) is 3. The van der Waals surface area contributed by atoms with E-state index in [0.717, 1.165) is 5.82 Å². The maximum absolute atomic E-state index is 12.0. The van der Waals surface area contributed by atoms with Crippen molar-refractivity contribution in [1.82, 2.24) is 25.5 Å². The summed E-state index contributed by atoms with van der Waals surface area (Å²) in [6.45, 7) is 3.12. The summed E-state index contributed by atoms with van der Waals surface area (Å²) in [6.07, 6.45) is 2.02. The highest BCUT2D eigenvalue weighted by atomic mass is 35.5. The van der Waals surface area contributed by atoms with Crippen LogP contribution in [0.2, 0.25) is 5.15 Å². The molecule has 0 fully saturated rings. The van der Waals surface area contributed by atoms with Crippen molar-refractivity contribution < 1.29 is 4.79 Å². The number of anilines is 1. The van der Waals surface area contributed by atoms with Gasteiger partial charge in [0.25, 0.3) is 5.91 Å². The van der Waals surface area contributed by atoms with Crippen molar-refractivity contribution in [2.75, 3.05) is 18.4 Å². The zero-order valence-electron chi connectivity index (χ0n) is 11.0. The van der Waals surface area contributed by atoms with E-state index in [1.807, 2.05) is 6.92 Å². The van der Waals surface area contributed by atoms with Crippen LogP contribution >= 0.6 is 11.6 Å². The minimum absolute atomic E-state index is 0.201. The summed E-state index contributed by atoms with van der Waals surface area (Å²) >= 11 is 5.89. The van der Waals surface area contributed by atoms with Crippen molar-refractivity contribution in [2.45, 2.75) is 13.3 Å². The monoisotopic (exact) mass is 294 g/mol. The molecule has 3 N–H and O–H groups in total. The van der Waals surface area contributed by atoms with Crippen LogP contribution in [-0.4, -0.2) is 39.2 Å². The molecule has 0 spiro atoms. The van der Waals surface area contributed by atoms with E-state index in [1.54, 1.807) is 6.07 Å². The van der Waals surface area contributed by atoms with Crippen molar-refractivity contribution in [3.8, 4) is 0 Å². The standard InChI is InChI=1S/C12H15ClN6O/c1-2-14-11-6-8(5-9(13)18-11)12(20)15-4-3-10-16-7-17-19-10/h5-7H,2-4H2,1H3,(H,14,18)(H,15,20)(H,16,17,19).